The van der Waals surface area contributed by atoms with Crippen molar-refractivity contribution in [1.29, 1.82) is 0 Å². The van der Waals surface area contributed by atoms with Crippen molar-refractivity contribution in [3.8, 4) is 17.2 Å². The highest BCUT2D eigenvalue weighted by atomic mass is 16.5. The van der Waals surface area contributed by atoms with Gasteiger partial charge < -0.3 is 24.6 Å². The van der Waals surface area contributed by atoms with Crippen LogP contribution in [0.3, 0.4) is 0 Å². The lowest BCUT2D eigenvalue weighted by Crippen LogP contribution is -2.42. The van der Waals surface area contributed by atoms with E-state index in [1.807, 2.05) is 55.1 Å². The molecule has 0 bridgehead atoms. The van der Waals surface area contributed by atoms with Crippen molar-refractivity contribution >= 4 is 17.6 Å². The number of nitrogens with zero attached hydrogens (tertiary/aromatic N) is 3. The first-order valence-electron chi connectivity index (χ1n) is 10.4. The normalized spacial score (nSPS) is 15.8. The molecule has 2 aromatic carbocycles. The molecule has 0 spiro atoms. The van der Waals surface area contributed by atoms with Gasteiger partial charge in [-0.25, -0.2) is 9.79 Å². The number of benzene rings is 2. The number of rotatable bonds is 2. The fraction of sp³-hybridized carbons (Fsp3) is 0.391. The molecule has 2 amide bonds. The number of fused-ring (bicyclic) bond motifs is 2. The molecule has 1 saturated heterocycles. The maximum absolute atomic E-state index is 12.3. The fourth-order valence-corrected chi connectivity index (χ4v) is 3.82. The molecular weight excluding hydrogens is 380 g/mol. The Morgan fingerprint density at radius 1 is 1.13 bits per heavy atom. The summed E-state index contributed by atoms with van der Waals surface area (Å²) in [5.74, 6) is 3.11. The SMILES string of the molecule is CCNC(=O)N1CCCN(C2=Nc3ccc(C)cc3Oc3ccc(OC)cc32)CC1. The average molecular weight is 409 g/mol. The zero-order chi connectivity index (χ0) is 21.1. The zero-order valence-electron chi connectivity index (χ0n) is 17.8. The van der Waals surface area contributed by atoms with Gasteiger partial charge in [0.05, 0.1) is 12.7 Å². The summed E-state index contributed by atoms with van der Waals surface area (Å²) in [4.78, 5) is 21.4. The summed E-state index contributed by atoms with van der Waals surface area (Å²) in [5.41, 5.74) is 2.82. The highest BCUT2D eigenvalue weighted by molar-refractivity contribution is 6.04. The van der Waals surface area contributed by atoms with Crippen LogP contribution in [0.5, 0.6) is 17.2 Å². The van der Waals surface area contributed by atoms with E-state index in [9.17, 15) is 4.79 Å². The second-order valence-electron chi connectivity index (χ2n) is 7.53. The number of ether oxygens (including phenoxy) is 2. The van der Waals surface area contributed by atoms with Gasteiger partial charge in [0, 0.05) is 32.7 Å². The van der Waals surface area contributed by atoms with E-state index in [0.717, 1.165) is 59.4 Å². The molecule has 4 rings (SSSR count). The van der Waals surface area contributed by atoms with Crippen molar-refractivity contribution in [2.45, 2.75) is 20.3 Å². The Kier molecular flexibility index (Phi) is 5.79. The Morgan fingerprint density at radius 3 is 2.80 bits per heavy atom. The maximum atomic E-state index is 12.3. The third-order valence-electron chi connectivity index (χ3n) is 5.40. The van der Waals surface area contributed by atoms with Crippen molar-refractivity contribution in [2.24, 2.45) is 4.99 Å². The van der Waals surface area contributed by atoms with E-state index in [1.165, 1.54) is 0 Å². The van der Waals surface area contributed by atoms with Crippen molar-refractivity contribution in [1.82, 2.24) is 15.1 Å². The molecule has 1 N–H and O–H groups in total. The first-order chi connectivity index (χ1) is 14.6. The lowest BCUT2D eigenvalue weighted by Gasteiger charge is -2.25. The van der Waals surface area contributed by atoms with Gasteiger partial charge in [-0.2, -0.15) is 0 Å². The van der Waals surface area contributed by atoms with Gasteiger partial charge >= 0.3 is 6.03 Å². The third-order valence-corrected chi connectivity index (χ3v) is 5.40. The number of amidine groups is 1. The van der Waals surface area contributed by atoms with Gasteiger partial charge in [0.25, 0.3) is 0 Å². The van der Waals surface area contributed by atoms with Crippen molar-refractivity contribution in [3.05, 3.63) is 47.5 Å². The van der Waals surface area contributed by atoms with Gasteiger partial charge in [-0.3, -0.25) is 0 Å². The Hall–Kier alpha value is -3.22. The number of methoxy groups -OCH3 is 1. The van der Waals surface area contributed by atoms with Crippen LogP contribution < -0.4 is 14.8 Å². The number of amides is 2. The summed E-state index contributed by atoms with van der Waals surface area (Å²) in [5, 5.41) is 2.90. The van der Waals surface area contributed by atoms with Crippen LogP contribution >= 0.6 is 0 Å². The van der Waals surface area contributed by atoms with E-state index < -0.39 is 0 Å². The molecule has 0 saturated carbocycles. The molecule has 2 aliphatic rings. The van der Waals surface area contributed by atoms with Gasteiger partial charge in [-0.1, -0.05) is 6.07 Å². The Balaban J connectivity index is 1.71. The van der Waals surface area contributed by atoms with Crippen LogP contribution in [0.1, 0.15) is 24.5 Å². The van der Waals surface area contributed by atoms with E-state index in [-0.39, 0.29) is 6.03 Å². The van der Waals surface area contributed by atoms with Gasteiger partial charge in [-0.05, 0) is 56.2 Å². The Bertz CT molecular complexity index is 973. The smallest absolute Gasteiger partial charge is 0.317 e. The lowest BCUT2D eigenvalue weighted by molar-refractivity contribution is 0.201. The number of urea groups is 1. The number of nitrogens with one attached hydrogen (secondary N) is 1. The van der Waals surface area contributed by atoms with Gasteiger partial charge in [-0.15, -0.1) is 0 Å². The summed E-state index contributed by atoms with van der Waals surface area (Å²) in [6.45, 7) is 7.50. The summed E-state index contributed by atoms with van der Waals surface area (Å²) in [6, 6.07) is 11.8. The zero-order valence-corrected chi connectivity index (χ0v) is 17.8. The van der Waals surface area contributed by atoms with Crippen LogP contribution in [0, 0.1) is 6.92 Å². The van der Waals surface area contributed by atoms with Crippen LogP contribution in [-0.2, 0) is 0 Å². The molecule has 7 heteroatoms. The predicted octanol–water partition coefficient (Wildman–Crippen LogP) is 3.92. The molecule has 1 fully saturated rings. The van der Waals surface area contributed by atoms with Gasteiger partial charge in [0.15, 0.2) is 5.75 Å². The Morgan fingerprint density at radius 2 is 2.00 bits per heavy atom. The van der Waals surface area contributed by atoms with E-state index in [4.69, 9.17) is 14.5 Å². The first-order valence-corrected chi connectivity index (χ1v) is 10.4. The molecule has 30 heavy (non-hydrogen) atoms. The quantitative estimate of drug-likeness (QED) is 0.818. The summed E-state index contributed by atoms with van der Waals surface area (Å²) < 4.78 is 11.7. The van der Waals surface area contributed by atoms with Crippen LogP contribution in [0.15, 0.2) is 41.4 Å². The van der Waals surface area contributed by atoms with E-state index in [0.29, 0.717) is 19.6 Å². The van der Waals surface area contributed by atoms with E-state index in [2.05, 4.69) is 10.2 Å². The molecule has 0 aromatic heterocycles. The van der Waals surface area contributed by atoms with Gasteiger partial charge in [0.1, 0.15) is 23.0 Å². The second kappa shape index (κ2) is 8.65. The molecule has 0 unspecified atom stereocenters. The molecule has 158 valence electrons. The topological polar surface area (TPSA) is 66.4 Å². The first kappa shape index (κ1) is 20.1. The molecule has 0 radical (unpaired) electrons. The summed E-state index contributed by atoms with van der Waals surface area (Å²) in [7, 11) is 1.66. The van der Waals surface area contributed by atoms with Crippen LogP contribution in [0.2, 0.25) is 0 Å². The third kappa shape index (κ3) is 4.06. The number of aryl methyl sites for hydroxylation is 1. The van der Waals surface area contributed by atoms with Crippen molar-refractivity contribution < 1.29 is 14.3 Å². The molecule has 7 nitrogen and oxygen atoms in total. The number of hydrogen-bond donors (Lipinski definition) is 1. The van der Waals surface area contributed by atoms with Crippen LogP contribution in [0.25, 0.3) is 0 Å². The van der Waals surface area contributed by atoms with Crippen LogP contribution in [-0.4, -0.2) is 61.5 Å². The number of carbonyl (C=O) groups excluding carboxylic acids is 1. The number of carbonyl (C=O) groups is 1. The lowest BCUT2D eigenvalue weighted by atomic mass is 10.1. The summed E-state index contributed by atoms with van der Waals surface area (Å²) in [6.07, 6.45) is 0.872. The average Bonchev–Trinajstić information content (AvgIpc) is 3.08. The predicted molar refractivity (Wildman–Crippen MR) is 117 cm³/mol. The second-order valence-corrected chi connectivity index (χ2v) is 7.53. The molecule has 0 atom stereocenters. The van der Waals surface area contributed by atoms with Crippen molar-refractivity contribution in [2.75, 3.05) is 39.8 Å². The number of aliphatic imine (C=N–C) groups is 1. The maximum Gasteiger partial charge on any atom is 0.317 e. The largest absolute Gasteiger partial charge is 0.497 e. The Labute approximate surface area is 177 Å². The summed E-state index contributed by atoms with van der Waals surface area (Å²) >= 11 is 0. The minimum Gasteiger partial charge on any atom is -0.497 e. The van der Waals surface area contributed by atoms with E-state index in [1.54, 1.807) is 7.11 Å². The highest BCUT2D eigenvalue weighted by Crippen LogP contribution is 2.40. The van der Waals surface area contributed by atoms with Crippen LogP contribution in [0.4, 0.5) is 10.5 Å². The fourth-order valence-electron chi connectivity index (χ4n) is 3.82. The standard InChI is InChI=1S/C23H28N4O3/c1-4-24-23(28)27-11-5-10-26(12-13-27)22-18-15-17(29-3)7-9-20(18)30-21-14-16(2)6-8-19(21)25-22/h6-9,14-15H,4-5,10-13H2,1-3H3,(H,24,28). The molecule has 2 aliphatic heterocycles. The minimum atomic E-state index is -0.00613. The van der Waals surface area contributed by atoms with Crippen molar-refractivity contribution in [3.63, 3.8) is 0 Å². The minimum absolute atomic E-state index is 0.00613. The monoisotopic (exact) mass is 408 g/mol. The molecular formula is C23H28N4O3. The van der Waals surface area contributed by atoms with E-state index >= 15 is 0 Å². The molecule has 0 aliphatic carbocycles. The molecule has 2 aromatic rings. The number of hydrogen-bond acceptors (Lipinski definition) is 5. The molecule has 2 heterocycles. The highest BCUT2D eigenvalue weighted by Gasteiger charge is 2.26. The van der Waals surface area contributed by atoms with Gasteiger partial charge in [0.2, 0.25) is 0 Å².